The van der Waals surface area contributed by atoms with E-state index in [4.69, 9.17) is 0 Å². The Hall–Kier alpha value is -1.35. The molecule has 0 saturated carbocycles. The minimum Gasteiger partial charge on any atom is -0.325 e. The van der Waals surface area contributed by atoms with Crippen molar-refractivity contribution >= 4 is 11.6 Å². The average molecular weight is 248 g/mol. The highest BCUT2D eigenvalue weighted by atomic mass is 16.1. The summed E-state index contributed by atoms with van der Waals surface area (Å²) in [7, 11) is 0. The number of hydrogen-bond donors (Lipinski definition) is 2. The van der Waals surface area contributed by atoms with E-state index in [1.807, 2.05) is 19.1 Å². The fourth-order valence-corrected chi connectivity index (χ4v) is 1.78. The lowest BCUT2D eigenvalue weighted by Crippen LogP contribution is -2.27. The van der Waals surface area contributed by atoms with Crippen molar-refractivity contribution in [2.75, 3.05) is 18.4 Å². The van der Waals surface area contributed by atoms with E-state index in [-0.39, 0.29) is 5.91 Å². The number of hydrogen-bond acceptors (Lipinski definition) is 2. The highest BCUT2D eigenvalue weighted by Gasteiger charge is 2.01. The summed E-state index contributed by atoms with van der Waals surface area (Å²) < 4.78 is 0. The standard InChI is InChI=1S/C15H24N2O/c1-3-5-6-7-13-8-10-14(11-9-13)17-15(18)12-16-4-2/h8-11,16H,3-7,12H2,1-2H3,(H,17,18). The van der Waals surface area contributed by atoms with Crippen LogP contribution in [0.15, 0.2) is 24.3 Å². The van der Waals surface area contributed by atoms with Gasteiger partial charge >= 0.3 is 0 Å². The maximum Gasteiger partial charge on any atom is 0.238 e. The molecule has 3 heteroatoms. The van der Waals surface area contributed by atoms with Gasteiger partial charge in [0.25, 0.3) is 0 Å². The first-order valence-electron chi connectivity index (χ1n) is 6.85. The summed E-state index contributed by atoms with van der Waals surface area (Å²) in [4.78, 5) is 11.5. The molecule has 0 radical (unpaired) electrons. The Labute approximate surface area is 110 Å². The molecule has 0 aliphatic heterocycles. The molecule has 1 amide bonds. The second kappa shape index (κ2) is 8.70. The molecule has 3 nitrogen and oxygen atoms in total. The molecule has 0 spiro atoms. The SMILES string of the molecule is CCCCCc1ccc(NC(=O)CNCC)cc1. The molecule has 0 atom stereocenters. The minimum atomic E-state index is 0.00980. The van der Waals surface area contributed by atoms with Crippen LogP contribution in [0.4, 0.5) is 5.69 Å². The summed E-state index contributed by atoms with van der Waals surface area (Å²) in [5.41, 5.74) is 2.21. The summed E-state index contributed by atoms with van der Waals surface area (Å²) in [6, 6.07) is 8.15. The molecule has 0 saturated heterocycles. The van der Waals surface area contributed by atoms with Gasteiger partial charge in [0.05, 0.1) is 6.54 Å². The second-order valence-corrected chi connectivity index (χ2v) is 4.48. The van der Waals surface area contributed by atoms with Gasteiger partial charge < -0.3 is 10.6 Å². The van der Waals surface area contributed by atoms with Gasteiger partial charge in [-0.25, -0.2) is 0 Å². The summed E-state index contributed by atoms with van der Waals surface area (Å²) in [6.07, 6.45) is 4.89. The molecular weight excluding hydrogens is 224 g/mol. The van der Waals surface area contributed by atoms with Crippen LogP contribution in [0.2, 0.25) is 0 Å². The molecule has 0 aliphatic carbocycles. The molecule has 0 aliphatic rings. The van der Waals surface area contributed by atoms with Crippen LogP contribution >= 0.6 is 0 Å². The van der Waals surface area contributed by atoms with Crippen molar-refractivity contribution in [1.29, 1.82) is 0 Å². The predicted molar refractivity (Wildman–Crippen MR) is 76.8 cm³/mol. The van der Waals surface area contributed by atoms with Crippen LogP contribution in [-0.2, 0) is 11.2 Å². The van der Waals surface area contributed by atoms with Crippen molar-refractivity contribution < 1.29 is 4.79 Å². The fourth-order valence-electron chi connectivity index (χ4n) is 1.78. The number of unbranched alkanes of at least 4 members (excludes halogenated alkanes) is 2. The first-order chi connectivity index (χ1) is 8.76. The van der Waals surface area contributed by atoms with Gasteiger partial charge in [0.2, 0.25) is 5.91 Å². The smallest absolute Gasteiger partial charge is 0.238 e. The Kier molecular flexibility index (Phi) is 7.11. The van der Waals surface area contributed by atoms with E-state index < -0.39 is 0 Å². The van der Waals surface area contributed by atoms with E-state index in [9.17, 15) is 4.79 Å². The molecule has 2 N–H and O–H groups in total. The molecule has 1 rings (SSSR count). The van der Waals surface area contributed by atoms with Gasteiger partial charge in [0.15, 0.2) is 0 Å². The zero-order valence-electron chi connectivity index (χ0n) is 11.5. The van der Waals surface area contributed by atoms with E-state index in [1.165, 1.54) is 24.8 Å². The molecule has 1 aromatic rings. The second-order valence-electron chi connectivity index (χ2n) is 4.48. The molecule has 100 valence electrons. The number of rotatable bonds is 8. The summed E-state index contributed by atoms with van der Waals surface area (Å²) in [5, 5.41) is 5.87. The van der Waals surface area contributed by atoms with Crippen molar-refractivity contribution in [2.24, 2.45) is 0 Å². The van der Waals surface area contributed by atoms with Crippen LogP contribution in [0.1, 0.15) is 38.7 Å². The number of aryl methyl sites for hydroxylation is 1. The van der Waals surface area contributed by atoms with E-state index in [1.54, 1.807) is 0 Å². The normalized spacial score (nSPS) is 10.3. The van der Waals surface area contributed by atoms with Crippen molar-refractivity contribution in [2.45, 2.75) is 39.5 Å². The number of amides is 1. The predicted octanol–water partition coefficient (Wildman–Crippen LogP) is 2.97. The van der Waals surface area contributed by atoms with Gasteiger partial charge in [-0.3, -0.25) is 4.79 Å². The molecule has 0 aromatic heterocycles. The Balaban J connectivity index is 2.37. The van der Waals surface area contributed by atoms with E-state index in [2.05, 4.69) is 29.7 Å². The molecule has 0 fully saturated rings. The Morgan fingerprint density at radius 3 is 2.44 bits per heavy atom. The van der Waals surface area contributed by atoms with Gasteiger partial charge in [-0.15, -0.1) is 0 Å². The lowest BCUT2D eigenvalue weighted by molar-refractivity contribution is -0.115. The van der Waals surface area contributed by atoms with Gasteiger partial charge in [-0.2, -0.15) is 0 Å². The van der Waals surface area contributed by atoms with Crippen LogP contribution in [0.3, 0.4) is 0 Å². The quantitative estimate of drug-likeness (QED) is 0.694. The van der Waals surface area contributed by atoms with Crippen LogP contribution in [0.5, 0.6) is 0 Å². The Morgan fingerprint density at radius 1 is 1.11 bits per heavy atom. The third-order valence-electron chi connectivity index (χ3n) is 2.84. The van der Waals surface area contributed by atoms with Gasteiger partial charge in [-0.05, 0) is 37.1 Å². The molecule has 18 heavy (non-hydrogen) atoms. The molecule has 1 aromatic carbocycles. The Morgan fingerprint density at radius 2 is 1.83 bits per heavy atom. The van der Waals surface area contributed by atoms with Gasteiger partial charge in [0, 0.05) is 5.69 Å². The van der Waals surface area contributed by atoms with Crippen LogP contribution in [0, 0.1) is 0 Å². The van der Waals surface area contributed by atoms with Crippen molar-refractivity contribution in [3.8, 4) is 0 Å². The van der Waals surface area contributed by atoms with Crippen LogP contribution in [0.25, 0.3) is 0 Å². The van der Waals surface area contributed by atoms with Crippen molar-refractivity contribution in [1.82, 2.24) is 5.32 Å². The van der Waals surface area contributed by atoms with E-state index >= 15 is 0 Å². The monoisotopic (exact) mass is 248 g/mol. The average Bonchev–Trinajstić information content (AvgIpc) is 2.39. The summed E-state index contributed by atoms with van der Waals surface area (Å²) >= 11 is 0. The lowest BCUT2D eigenvalue weighted by atomic mass is 10.1. The minimum absolute atomic E-state index is 0.00980. The topological polar surface area (TPSA) is 41.1 Å². The number of benzene rings is 1. The summed E-state index contributed by atoms with van der Waals surface area (Å²) in [5.74, 6) is 0.00980. The third-order valence-corrected chi connectivity index (χ3v) is 2.84. The highest BCUT2D eigenvalue weighted by Crippen LogP contribution is 2.12. The number of nitrogens with one attached hydrogen (secondary N) is 2. The third kappa shape index (κ3) is 5.82. The van der Waals surface area contributed by atoms with Gasteiger partial charge in [-0.1, -0.05) is 38.8 Å². The van der Waals surface area contributed by atoms with E-state index in [0.717, 1.165) is 18.7 Å². The van der Waals surface area contributed by atoms with Crippen LogP contribution in [-0.4, -0.2) is 19.0 Å². The molecular formula is C15H24N2O. The number of carbonyl (C=O) groups excluding carboxylic acids is 1. The van der Waals surface area contributed by atoms with E-state index in [0.29, 0.717) is 6.54 Å². The molecule has 0 bridgehead atoms. The highest BCUT2D eigenvalue weighted by molar-refractivity contribution is 5.92. The number of carbonyl (C=O) groups is 1. The zero-order chi connectivity index (χ0) is 13.2. The first kappa shape index (κ1) is 14.7. The van der Waals surface area contributed by atoms with Crippen molar-refractivity contribution in [3.63, 3.8) is 0 Å². The zero-order valence-corrected chi connectivity index (χ0v) is 11.5. The molecule has 0 heterocycles. The maximum atomic E-state index is 11.5. The first-order valence-corrected chi connectivity index (χ1v) is 6.85. The number of likely N-dealkylation sites (N-methyl/N-ethyl adjacent to an activating group) is 1. The maximum absolute atomic E-state index is 11.5. The fraction of sp³-hybridized carbons (Fsp3) is 0.533. The number of anilines is 1. The molecule has 0 unspecified atom stereocenters. The van der Waals surface area contributed by atoms with Crippen LogP contribution < -0.4 is 10.6 Å². The Bertz CT molecular complexity index is 346. The van der Waals surface area contributed by atoms with Gasteiger partial charge in [0.1, 0.15) is 0 Å². The van der Waals surface area contributed by atoms with Crippen molar-refractivity contribution in [3.05, 3.63) is 29.8 Å². The largest absolute Gasteiger partial charge is 0.325 e. The lowest BCUT2D eigenvalue weighted by Gasteiger charge is -2.07. The summed E-state index contributed by atoms with van der Waals surface area (Å²) in [6.45, 7) is 5.37.